The highest BCUT2D eigenvalue weighted by atomic mass is 32.1. The maximum atomic E-state index is 4.31. The molecule has 1 N–H and O–H groups in total. The molecule has 0 unspecified atom stereocenters. The van der Waals surface area contributed by atoms with Crippen LogP contribution in [0.4, 0.5) is 0 Å². The van der Waals surface area contributed by atoms with Crippen molar-refractivity contribution in [3.63, 3.8) is 0 Å². The predicted octanol–water partition coefficient (Wildman–Crippen LogP) is 3.81. The standard InChI is InChI=1S/C16H25N3S/c1-15(2,3)18-10-13-9-17-12-19(13)11-16(4,5)14-7-6-8-20-14/h6-9,12,18H,10-11H2,1-5H3. The second-order valence-corrected chi connectivity index (χ2v) is 7.93. The molecule has 0 atom stereocenters. The number of hydrogen-bond donors (Lipinski definition) is 1. The molecule has 0 spiro atoms. The molecule has 0 saturated carbocycles. The van der Waals surface area contributed by atoms with Gasteiger partial charge in [-0.3, -0.25) is 0 Å². The molecule has 0 amide bonds. The highest BCUT2D eigenvalue weighted by Gasteiger charge is 2.23. The molecule has 2 heterocycles. The Bertz CT molecular complexity index is 532. The molecule has 2 aromatic heterocycles. The zero-order chi connectivity index (χ0) is 14.8. The Hall–Kier alpha value is -1.13. The van der Waals surface area contributed by atoms with Gasteiger partial charge in [0, 0.05) is 35.1 Å². The van der Waals surface area contributed by atoms with Crippen LogP contribution in [0.25, 0.3) is 0 Å². The third kappa shape index (κ3) is 3.93. The van der Waals surface area contributed by atoms with E-state index in [0.29, 0.717) is 0 Å². The monoisotopic (exact) mass is 291 g/mol. The number of rotatable bonds is 5. The van der Waals surface area contributed by atoms with E-state index in [1.54, 1.807) is 0 Å². The number of nitrogens with one attached hydrogen (secondary N) is 1. The second-order valence-electron chi connectivity index (χ2n) is 6.98. The highest BCUT2D eigenvalue weighted by Crippen LogP contribution is 2.29. The first-order valence-corrected chi connectivity index (χ1v) is 7.94. The lowest BCUT2D eigenvalue weighted by Crippen LogP contribution is -2.36. The summed E-state index contributed by atoms with van der Waals surface area (Å²) in [6, 6.07) is 4.34. The third-order valence-corrected chi connectivity index (χ3v) is 4.59. The van der Waals surface area contributed by atoms with Crippen LogP contribution < -0.4 is 5.32 Å². The molecule has 20 heavy (non-hydrogen) atoms. The molecular formula is C16H25N3S. The quantitative estimate of drug-likeness (QED) is 0.908. The van der Waals surface area contributed by atoms with E-state index in [1.807, 2.05) is 23.9 Å². The van der Waals surface area contributed by atoms with E-state index in [-0.39, 0.29) is 11.0 Å². The first kappa shape index (κ1) is 15.3. The van der Waals surface area contributed by atoms with E-state index >= 15 is 0 Å². The number of imidazole rings is 1. The first-order chi connectivity index (χ1) is 9.28. The van der Waals surface area contributed by atoms with Gasteiger partial charge in [0.1, 0.15) is 0 Å². The largest absolute Gasteiger partial charge is 0.333 e. The molecular weight excluding hydrogens is 266 g/mol. The smallest absolute Gasteiger partial charge is 0.0948 e. The van der Waals surface area contributed by atoms with Gasteiger partial charge < -0.3 is 9.88 Å². The van der Waals surface area contributed by atoms with E-state index < -0.39 is 0 Å². The van der Waals surface area contributed by atoms with Crippen molar-refractivity contribution in [1.82, 2.24) is 14.9 Å². The zero-order valence-corrected chi connectivity index (χ0v) is 13.9. The molecule has 0 saturated heterocycles. The van der Waals surface area contributed by atoms with Crippen LogP contribution in [0.2, 0.25) is 0 Å². The maximum Gasteiger partial charge on any atom is 0.0948 e. The summed E-state index contributed by atoms with van der Waals surface area (Å²) in [6.07, 6.45) is 3.90. The lowest BCUT2D eigenvalue weighted by molar-refractivity contribution is 0.397. The van der Waals surface area contributed by atoms with E-state index in [1.165, 1.54) is 10.6 Å². The van der Waals surface area contributed by atoms with Crippen molar-refractivity contribution in [2.24, 2.45) is 0 Å². The third-order valence-electron chi connectivity index (χ3n) is 3.35. The van der Waals surface area contributed by atoms with Crippen molar-refractivity contribution in [1.29, 1.82) is 0 Å². The summed E-state index contributed by atoms with van der Waals surface area (Å²) in [5.74, 6) is 0. The summed E-state index contributed by atoms with van der Waals surface area (Å²) in [5, 5.41) is 5.67. The maximum absolute atomic E-state index is 4.31. The fourth-order valence-electron chi connectivity index (χ4n) is 2.16. The van der Waals surface area contributed by atoms with E-state index in [2.05, 4.69) is 67.0 Å². The number of nitrogens with zero attached hydrogens (tertiary/aromatic N) is 2. The van der Waals surface area contributed by atoms with Crippen molar-refractivity contribution in [2.75, 3.05) is 0 Å². The average Bonchev–Trinajstić information content (AvgIpc) is 2.95. The van der Waals surface area contributed by atoms with Gasteiger partial charge in [0.2, 0.25) is 0 Å². The Labute approximate surface area is 126 Å². The molecule has 0 aromatic carbocycles. The zero-order valence-electron chi connectivity index (χ0n) is 13.1. The summed E-state index contributed by atoms with van der Waals surface area (Å²) >= 11 is 1.83. The topological polar surface area (TPSA) is 29.9 Å². The molecule has 0 aliphatic rings. The van der Waals surface area contributed by atoms with Crippen LogP contribution >= 0.6 is 11.3 Å². The molecule has 0 fully saturated rings. The van der Waals surface area contributed by atoms with E-state index in [9.17, 15) is 0 Å². The Morgan fingerprint density at radius 1 is 1.25 bits per heavy atom. The molecule has 0 bridgehead atoms. The van der Waals surface area contributed by atoms with Gasteiger partial charge in [0.05, 0.1) is 12.0 Å². The van der Waals surface area contributed by atoms with E-state index in [4.69, 9.17) is 0 Å². The van der Waals surface area contributed by atoms with Crippen LogP contribution in [-0.2, 0) is 18.5 Å². The van der Waals surface area contributed by atoms with Crippen LogP contribution in [0.3, 0.4) is 0 Å². The van der Waals surface area contributed by atoms with Crippen LogP contribution in [0.15, 0.2) is 30.0 Å². The minimum absolute atomic E-state index is 0.123. The molecule has 0 aliphatic carbocycles. The Morgan fingerprint density at radius 3 is 2.60 bits per heavy atom. The van der Waals surface area contributed by atoms with Crippen LogP contribution in [0.1, 0.15) is 45.2 Å². The SMILES string of the molecule is CC(C)(C)NCc1cncn1CC(C)(C)c1cccs1. The summed E-state index contributed by atoms with van der Waals surface area (Å²) in [6.45, 7) is 12.9. The van der Waals surface area contributed by atoms with Gasteiger partial charge in [-0.1, -0.05) is 19.9 Å². The van der Waals surface area contributed by atoms with Gasteiger partial charge in [-0.2, -0.15) is 0 Å². The van der Waals surface area contributed by atoms with Gasteiger partial charge in [-0.25, -0.2) is 4.98 Å². The summed E-state index contributed by atoms with van der Waals surface area (Å²) in [4.78, 5) is 5.73. The average molecular weight is 291 g/mol. The van der Waals surface area contributed by atoms with Gasteiger partial charge in [-0.05, 0) is 32.2 Å². The number of hydrogen-bond acceptors (Lipinski definition) is 3. The van der Waals surface area contributed by atoms with Gasteiger partial charge in [0.25, 0.3) is 0 Å². The normalized spacial score (nSPS) is 12.8. The summed E-state index contributed by atoms with van der Waals surface area (Å²) < 4.78 is 2.26. The molecule has 110 valence electrons. The number of thiophene rings is 1. The lowest BCUT2D eigenvalue weighted by atomic mass is 9.91. The fraction of sp³-hybridized carbons (Fsp3) is 0.562. The van der Waals surface area contributed by atoms with Crippen molar-refractivity contribution in [2.45, 2.75) is 58.7 Å². The van der Waals surface area contributed by atoms with Crippen molar-refractivity contribution in [3.8, 4) is 0 Å². The second kappa shape index (κ2) is 5.70. The summed E-state index contributed by atoms with van der Waals surface area (Å²) in [5.41, 5.74) is 1.49. The molecule has 2 rings (SSSR count). The van der Waals surface area contributed by atoms with Crippen molar-refractivity contribution < 1.29 is 0 Å². The van der Waals surface area contributed by atoms with Gasteiger partial charge in [-0.15, -0.1) is 11.3 Å². The van der Waals surface area contributed by atoms with Crippen molar-refractivity contribution in [3.05, 3.63) is 40.6 Å². The molecule has 3 nitrogen and oxygen atoms in total. The molecule has 0 radical (unpaired) electrons. The van der Waals surface area contributed by atoms with Crippen LogP contribution in [0.5, 0.6) is 0 Å². The fourth-order valence-corrected chi connectivity index (χ4v) is 3.01. The molecule has 2 aromatic rings. The number of aromatic nitrogens is 2. The Kier molecular flexibility index (Phi) is 4.35. The van der Waals surface area contributed by atoms with Crippen molar-refractivity contribution >= 4 is 11.3 Å². The Morgan fingerprint density at radius 2 is 2.00 bits per heavy atom. The van der Waals surface area contributed by atoms with E-state index in [0.717, 1.165) is 13.1 Å². The highest BCUT2D eigenvalue weighted by molar-refractivity contribution is 7.10. The van der Waals surface area contributed by atoms with Crippen LogP contribution in [-0.4, -0.2) is 15.1 Å². The minimum atomic E-state index is 0.123. The summed E-state index contributed by atoms with van der Waals surface area (Å²) in [7, 11) is 0. The molecule has 4 heteroatoms. The first-order valence-electron chi connectivity index (χ1n) is 7.06. The van der Waals surface area contributed by atoms with Gasteiger partial charge in [0.15, 0.2) is 0 Å². The molecule has 0 aliphatic heterocycles. The Balaban J connectivity index is 2.09. The lowest BCUT2D eigenvalue weighted by Gasteiger charge is -2.26. The minimum Gasteiger partial charge on any atom is -0.333 e. The van der Waals surface area contributed by atoms with Gasteiger partial charge >= 0.3 is 0 Å². The predicted molar refractivity (Wildman–Crippen MR) is 86.2 cm³/mol. The van der Waals surface area contributed by atoms with Crippen LogP contribution in [0, 0.1) is 0 Å².